The molecule has 20 heavy (non-hydrogen) atoms. The second-order valence-corrected chi connectivity index (χ2v) is 5.39. The molecule has 2 amide bonds. The highest BCUT2D eigenvalue weighted by Gasteiger charge is 2.22. The van der Waals surface area contributed by atoms with Crippen molar-refractivity contribution in [3.63, 3.8) is 0 Å². The molecule has 2 heterocycles. The van der Waals surface area contributed by atoms with E-state index < -0.39 is 5.97 Å². The van der Waals surface area contributed by atoms with Crippen molar-refractivity contribution in [1.82, 2.24) is 15.2 Å². The third-order valence-corrected chi connectivity index (χ3v) is 3.85. The average Bonchev–Trinajstić information content (AvgIpc) is 3.00. The van der Waals surface area contributed by atoms with E-state index in [2.05, 4.69) is 10.3 Å². The molecule has 1 aliphatic rings. The summed E-state index contributed by atoms with van der Waals surface area (Å²) in [6.45, 7) is 1.12. The Morgan fingerprint density at radius 2 is 2.30 bits per heavy atom. The lowest BCUT2D eigenvalue weighted by Gasteiger charge is -2.14. The summed E-state index contributed by atoms with van der Waals surface area (Å²) in [4.78, 5) is 39.1. The van der Waals surface area contributed by atoms with Crippen molar-refractivity contribution in [2.45, 2.75) is 19.3 Å². The number of carbonyl (C=O) groups excluding carboxylic acids is 2. The van der Waals surface area contributed by atoms with Gasteiger partial charge in [0.15, 0.2) is 5.69 Å². The minimum atomic E-state index is -1.05. The molecule has 2 rings (SSSR count). The van der Waals surface area contributed by atoms with E-state index in [-0.39, 0.29) is 24.1 Å². The second-order valence-electron chi connectivity index (χ2n) is 4.45. The number of aromatic carboxylic acids is 1. The molecule has 0 atom stereocenters. The number of thiazole rings is 1. The average molecular weight is 297 g/mol. The maximum atomic E-state index is 11.6. The zero-order valence-electron chi connectivity index (χ0n) is 10.8. The molecule has 1 fully saturated rings. The number of nitrogens with zero attached hydrogens (tertiary/aromatic N) is 2. The number of aromatic nitrogens is 1. The molecule has 0 bridgehead atoms. The van der Waals surface area contributed by atoms with Crippen LogP contribution in [-0.4, -0.2) is 52.4 Å². The Bertz CT molecular complexity index is 529. The number of rotatable bonds is 6. The van der Waals surface area contributed by atoms with Crippen molar-refractivity contribution in [2.75, 3.05) is 19.6 Å². The first-order chi connectivity index (χ1) is 9.56. The molecule has 0 aliphatic carbocycles. The molecule has 0 spiro atoms. The zero-order valence-corrected chi connectivity index (χ0v) is 11.6. The topological polar surface area (TPSA) is 99.6 Å². The normalized spacial score (nSPS) is 14.6. The van der Waals surface area contributed by atoms with Crippen molar-refractivity contribution in [3.05, 3.63) is 16.1 Å². The minimum absolute atomic E-state index is 0.0196. The van der Waals surface area contributed by atoms with Crippen LogP contribution in [0.2, 0.25) is 0 Å². The van der Waals surface area contributed by atoms with Crippen LogP contribution in [0, 0.1) is 0 Å². The lowest BCUT2D eigenvalue weighted by molar-refractivity contribution is -0.133. The van der Waals surface area contributed by atoms with Gasteiger partial charge in [-0.1, -0.05) is 0 Å². The summed E-state index contributed by atoms with van der Waals surface area (Å²) < 4.78 is 0. The van der Waals surface area contributed by atoms with Crippen LogP contribution in [0.4, 0.5) is 0 Å². The molecule has 1 aromatic heterocycles. The SMILES string of the molecule is O=C(CN1CCCC1=O)NCCc1nc(C(=O)O)cs1. The van der Waals surface area contributed by atoms with Gasteiger partial charge in [0.1, 0.15) is 0 Å². The Labute approximate surface area is 119 Å². The number of carbonyl (C=O) groups is 3. The quantitative estimate of drug-likeness (QED) is 0.777. The van der Waals surface area contributed by atoms with Gasteiger partial charge in [-0.25, -0.2) is 9.78 Å². The summed E-state index contributed by atoms with van der Waals surface area (Å²) in [6.07, 6.45) is 1.81. The van der Waals surface area contributed by atoms with Gasteiger partial charge in [-0.2, -0.15) is 0 Å². The molecular weight excluding hydrogens is 282 g/mol. The number of amides is 2. The monoisotopic (exact) mass is 297 g/mol. The van der Waals surface area contributed by atoms with E-state index in [4.69, 9.17) is 5.11 Å². The van der Waals surface area contributed by atoms with E-state index in [0.29, 0.717) is 30.9 Å². The van der Waals surface area contributed by atoms with Crippen LogP contribution in [-0.2, 0) is 16.0 Å². The summed E-state index contributed by atoms with van der Waals surface area (Å²) in [5.41, 5.74) is 0.0268. The van der Waals surface area contributed by atoms with Crippen LogP contribution in [0.3, 0.4) is 0 Å². The first-order valence-corrected chi connectivity index (χ1v) is 7.16. The van der Waals surface area contributed by atoms with Crippen molar-refractivity contribution in [1.29, 1.82) is 0 Å². The number of carboxylic acids is 1. The predicted molar refractivity (Wildman–Crippen MR) is 71.6 cm³/mol. The molecule has 108 valence electrons. The number of hydrogen-bond donors (Lipinski definition) is 2. The maximum Gasteiger partial charge on any atom is 0.355 e. The maximum absolute atomic E-state index is 11.6. The molecule has 1 aromatic rings. The fraction of sp³-hybridized carbons (Fsp3) is 0.500. The molecule has 0 saturated carbocycles. The van der Waals surface area contributed by atoms with E-state index in [1.165, 1.54) is 16.7 Å². The highest BCUT2D eigenvalue weighted by atomic mass is 32.1. The van der Waals surface area contributed by atoms with E-state index in [1.807, 2.05) is 0 Å². The Morgan fingerprint density at radius 3 is 2.90 bits per heavy atom. The smallest absolute Gasteiger partial charge is 0.355 e. The van der Waals surface area contributed by atoms with Gasteiger partial charge in [-0.15, -0.1) is 11.3 Å². The third kappa shape index (κ3) is 3.77. The molecule has 0 unspecified atom stereocenters. The first kappa shape index (κ1) is 14.4. The van der Waals surface area contributed by atoms with Crippen molar-refractivity contribution >= 4 is 29.1 Å². The Morgan fingerprint density at radius 1 is 1.50 bits per heavy atom. The summed E-state index contributed by atoms with van der Waals surface area (Å²) >= 11 is 1.26. The third-order valence-electron chi connectivity index (χ3n) is 2.94. The first-order valence-electron chi connectivity index (χ1n) is 6.28. The van der Waals surface area contributed by atoms with Crippen LogP contribution in [0.25, 0.3) is 0 Å². The highest BCUT2D eigenvalue weighted by Crippen LogP contribution is 2.10. The van der Waals surface area contributed by atoms with Crippen LogP contribution >= 0.6 is 11.3 Å². The second kappa shape index (κ2) is 6.47. The molecular formula is C12H15N3O4S. The van der Waals surface area contributed by atoms with E-state index >= 15 is 0 Å². The van der Waals surface area contributed by atoms with Crippen LogP contribution < -0.4 is 5.32 Å². The standard InChI is InChI=1S/C12H15N3O4S/c16-9(6-15-5-1-2-11(15)17)13-4-3-10-14-8(7-20-10)12(18)19/h7H,1-6H2,(H,13,16)(H,18,19). The van der Waals surface area contributed by atoms with Gasteiger partial charge in [-0.05, 0) is 6.42 Å². The lowest BCUT2D eigenvalue weighted by atomic mass is 10.4. The zero-order chi connectivity index (χ0) is 14.5. The summed E-state index contributed by atoms with van der Waals surface area (Å²) in [5.74, 6) is -1.23. The lowest BCUT2D eigenvalue weighted by Crippen LogP contribution is -2.38. The van der Waals surface area contributed by atoms with Crippen molar-refractivity contribution in [2.24, 2.45) is 0 Å². The van der Waals surface area contributed by atoms with E-state index in [9.17, 15) is 14.4 Å². The molecule has 7 nitrogen and oxygen atoms in total. The van der Waals surface area contributed by atoms with Gasteiger partial charge >= 0.3 is 5.97 Å². The number of nitrogens with one attached hydrogen (secondary N) is 1. The Kier molecular flexibility index (Phi) is 4.67. The van der Waals surface area contributed by atoms with Crippen LogP contribution in [0.15, 0.2) is 5.38 Å². The van der Waals surface area contributed by atoms with E-state index in [0.717, 1.165) is 6.42 Å². The van der Waals surface area contributed by atoms with Crippen LogP contribution in [0.5, 0.6) is 0 Å². The fourth-order valence-electron chi connectivity index (χ4n) is 1.93. The van der Waals surface area contributed by atoms with Crippen molar-refractivity contribution in [3.8, 4) is 0 Å². The summed E-state index contributed by atoms with van der Waals surface area (Å²) in [7, 11) is 0. The molecule has 0 radical (unpaired) electrons. The van der Waals surface area contributed by atoms with Gasteiger partial charge in [0.05, 0.1) is 11.6 Å². The Hall–Kier alpha value is -1.96. The highest BCUT2D eigenvalue weighted by molar-refractivity contribution is 7.09. The fourth-order valence-corrected chi connectivity index (χ4v) is 2.71. The Balaban J connectivity index is 1.70. The molecule has 0 aromatic carbocycles. The van der Waals surface area contributed by atoms with Crippen LogP contribution in [0.1, 0.15) is 28.3 Å². The largest absolute Gasteiger partial charge is 0.476 e. The van der Waals surface area contributed by atoms with Gasteiger partial charge in [0.2, 0.25) is 11.8 Å². The van der Waals surface area contributed by atoms with Gasteiger partial charge in [0, 0.05) is 31.3 Å². The number of hydrogen-bond acceptors (Lipinski definition) is 5. The molecule has 1 saturated heterocycles. The van der Waals surface area contributed by atoms with E-state index in [1.54, 1.807) is 4.90 Å². The number of carboxylic acid groups (broad SMARTS) is 1. The molecule has 2 N–H and O–H groups in total. The predicted octanol–water partition coefficient (Wildman–Crippen LogP) is 0.122. The van der Waals surface area contributed by atoms with Gasteiger partial charge in [0.25, 0.3) is 0 Å². The number of likely N-dealkylation sites (tertiary alicyclic amines) is 1. The summed E-state index contributed by atoms with van der Waals surface area (Å²) in [6, 6.07) is 0. The summed E-state index contributed by atoms with van der Waals surface area (Å²) in [5, 5.41) is 13.6. The van der Waals surface area contributed by atoms with Gasteiger partial charge < -0.3 is 15.3 Å². The molecule has 1 aliphatic heterocycles. The minimum Gasteiger partial charge on any atom is -0.476 e. The molecule has 8 heteroatoms. The van der Waals surface area contributed by atoms with Gasteiger partial charge in [-0.3, -0.25) is 9.59 Å². The van der Waals surface area contributed by atoms with Crippen molar-refractivity contribution < 1.29 is 19.5 Å².